The third-order valence-corrected chi connectivity index (χ3v) is 4.08. The quantitative estimate of drug-likeness (QED) is 0.607. The van der Waals surface area contributed by atoms with Gasteiger partial charge in [0.2, 0.25) is 0 Å². The van der Waals surface area contributed by atoms with Gasteiger partial charge in [-0.2, -0.15) is 0 Å². The summed E-state index contributed by atoms with van der Waals surface area (Å²) in [7, 11) is 0. The van der Waals surface area contributed by atoms with Gasteiger partial charge in [-0.3, -0.25) is 0 Å². The van der Waals surface area contributed by atoms with Crippen molar-refractivity contribution in [3.05, 3.63) is 34.4 Å². The van der Waals surface area contributed by atoms with Crippen LogP contribution in [-0.2, 0) is 12.8 Å². The summed E-state index contributed by atoms with van der Waals surface area (Å²) in [5, 5.41) is 0. The molecule has 0 amide bonds. The van der Waals surface area contributed by atoms with Crippen LogP contribution in [0.25, 0.3) is 0 Å². The molecule has 0 aliphatic heterocycles. The van der Waals surface area contributed by atoms with E-state index in [1.807, 2.05) is 0 Å². The predicted molar refractivity (Wildman–Crippen MR) is 91.5 cm³/mol. The van der Waals surface area contributed by atoms with Crippen LogP contribution in [0.3, 0.4) is 0 Å². The van der Waals surface area contributed by atoms with Crippen LogP contribution in [0.5, 0.6) is 0 Å². The van der Waals surface area contributed by atoms with Gasteiger partial charge in [0.15, 0.2) is 0 Å². The average molecular weight is 274 g/mol. The van der Waals surface area contributed by atoms with Crippen LogP contribution in [-0.4, -0.2) is 0 Å². The second kappa shape index (κ2) is 6.33. The lowest BCUT2D eigenvalue weighted by molar-refractivity contribution is 0.376. The van der Waals surface area contributed by atoms with E-state index < -0.39 is 0 Å². The van der Waals surface area contributed by atoms with Crippen LogP contribution >= 0.6 is 0 Å². The molecule has 0 saturated heterocycles. The molecule has 1 aromatic rings. The molecule has 0 aliphatic carbocycles. The summed E-state index contributed by atoms with van der Waals surface area (Å²) in [6.07, 6.45) is 4.93. The molecule has 0 heteroatoms. The van der Waals surface area contributed by atoms with Gasteiger partial charge in [-0.15, -0.1) is 0 Å². The van der Waals surface area contributed by atoms with Crippen LogP contribution in [0, 0.1) is 24.7 Å². The molecule has 1 rings (SSSR count). The zero-order chi connectivity index (χ0) is 15.6. The number of hydrogen-bond donors (Lipinski definition) is 0. The third-order valence-electron chi connectivity index (χ3n) is 4.08. The number of benzene rings is 1. The predicted octanol–water partition coefficient (Wildman–Crippen LogP) is 6.26. The van der Waals surface area contributed by atoms with E-state index in [1.54, 1.807) is 0 Å². The molecule has 0 N–H and O–H groups in total. The van der Waals surface area contributed by atoms with Gasteiger partial charge in [0.1, 0.15) is 0 Å². The van der Waals surface area contributed by atoms with E-state index in [2.05, 4.69) is 67.5 Å². The maximum Gasteiger partial charge on any atom is -0.0271 e. The van der Waals surface area contributed by atoms with E-state index in [9.17, 15) is 0 Å². The van der Waals surface area contributed by atoms with E-state index in [0.717, 1.165) is 0 Å². The topological polar surface area (TPSA) is 0 Å². The molecule has 0 radical (unpaired) electrons. The molecular formula is C20H34. The van der Waals surface area contributed by atoms with Gasteiger partial charge in [0.05, 0.1) is 0 Å². The summed E-state index contributed by atoms with van der Waals surface area (Å²) >= 11 is 0. The SMILES string of the molecule is Cc1cc(CCC(C)(C)C)c(C)cc1CCC(C)(C)C. The zero-order valence-corrected chi connectivity index (χ0v) is 15.0. The standard InChI is InChI=1S/C20H34/c1-15-13-18(10-12-20(6,7)8)16(2)14-17(15)9-11-19(3,4)5/h13-14H,9-12H2,1-8H3. The first-order valence-electron chi connectivity index (χ1n) is 8.07. The first-order valence-corrected chi connectivity index (χ1v) is 8.07. The number of rotatable bonds is 4. The Morgan fingerprint density at radius 1 is 0.650 bits per heavy atom. The first kappa shape index (κ1) is 17.3. The summed E-state index contributed by atoms with van der Waals surface area (Å²) in [5.41, 5.74) is 6.87. The summed E-state index contributed by atoms with van der Waals surface area (Å²) in [4.78, 5) is 0. The fourth-order valence-corrected chi connectivity index (χ4v) is 2.49. The molecule has 0 fully saturated rings. The Labute approximate surface area is 127 Å². The van der Waals surface area contributed by atoms with Crippen LogP contribution in [0.4, 0.5) is 0 Å². The van der Waals surface area contributed by atoms with Crippen molar-refractivity contribution in [2.45, 2.75) is 81.1 Å². The molecular weight excluding hydrogens is 240 g/mol. The molecule has 114 valence electrons. The minimum absolute atomic E-state index is 0.422. The highest BCUT2D eigenvalue weighted by Gasteiger charge is 2.14. The van der Waals surface area contributed by atoms with Crippen molar-refractivity contribution in [1.29, 1.82) is 0 Å². The molecule has 1 aromatic carbocycles. The van der Waals surface area contributed by atoms with Crippen molar-refractivity contribution in [2.75, 3.05) is 0 Å². The Hall–Kier alpha value is -0.780. The van der Waals surface area contributed by atoms with E-state index in [-0.39, 0.29) is 0 Å². The maximum absolute atomic E-state index is 2.43. The molecule has 0 nitrogen and oxygen atoms in total. The minimum Gasteiger partial charge on any atom is -0.0602 e. The van der Waals surface area contributed by atoms with Crippen molar-refractivity contribution < 1.29 is 0 Å². The van der Waals surface area contributed by atoms with Crippen LogP contribution < -0.4 is 0 Å². The lowest BCUT2D eigenvalue weighted by Gasteiger charge is -2.21. The lowest BCUT2D eigenvalue weighted by atomic mass is 9.84. The summed E-state index contributed by atoms with van der Waals surface area (Å²) < 4.78 is 0. The normalized spacial score (nSPS) is 12.8. The molecule has 20 heavy (non-hydrogen) atoms. The minimum atomic E-state index is 0.422. The molecule has 0 unspecified atom stereocenters. The Morgan fingerprint density at radius 3 is 1.20 bits per heavy atom. The first-order chi connectivity index (χ1) is 8.98. The van der Waals surface area contributed by atoms with E-state index in [4.69, 9.17) is 0 Å². The molecule has 0 aromatic heterocycles. The van der Waals surface area contributed by atoms with Crippen LogP contribution in [0.2, 0.25) is 0 Å². The molecule has 0 saturated carbocycles. The summed E-state index contributed by atoms with van der Waals surface area (Å²) in [6.45, 7) is 18.5. The van der Waals surface area contributed by atoms with Gasteiger partial charge in [-0.05, 0) is 72.6 Å². The Balaban J connectivity index is 2.81. The van der Waals surface area contributed by atoms with Crippen molar-refractivity contribution in [3.8, 4) is 0 Å². The summed E-state index contributed by atoms with van der Waals surface area (Å²) in [5.74, 6) is 0. The van der Waals surface area contributed by atoms with Crippen molar-refractivity contribution in [3.63, 3.8) is 0 Å². The van der Waals surface area contributed by atoms with E-state index in [1.165, 1.54) is 47.9 Å². The highest BCUT2D eigenvalue weighted by Crippen LogP contribution is 2.27. The molecule has 0 atom stereocenters. The Kier molecular flexibility index (Phi) is 5.46. The van der Waals surface area contributed by atoms with Gasteiger partial charge < -0.3 is 0 Å². The fourth-order valence-electron chi connectivity index (χ4n) is 2.49. The van der Waals surface area contributed by atoms with Crippen LogP contribution in [0.15, 0.2) is 12.1 Å². The molecule has 0 spiro atoms. The van der Waals surface area contributed by atoms with E-state index >= 15 is 0 Å². The molecule has 0 bridgehead atoms. The van der Waals surface area contributed by atoms with Gasteiger partial charge in [0, 0.05) is 0 Å². The van der Waals surface area contributed by atoms with Crippen molar-refractivity contribution in [1.82, 2.24) is 0 Å². The Bertz CT molecular complexity index is 395. The van der Waals surface area contributed by atoms with Gasteiger partial charge >= 0.3 is 0 Å². The third kappa shape index (κ3) is 6.11. The number of hydrogen-bond acceptors (Lipinski definition) is 0. The molecule has 0 heterocycles. The second-order valence-electron chi connectivity index (χ2n) is 8.83. The zero-order valence-electron chi connectivity index (χ0n) is 15.0. The summed E-state index contributed by atoms with van der Waals surface area (Å²) in [6, 6.07) is 4.86. The second-order valence-corrected chi connectivity index (χ2v) is 8.83. The van der Waals surface area contributed by atoms with Gasteiger partial charge in [-0.25, -0.2) is 0 Å². The Morgan fingerprint density at radius 2 is 0.950 bits per heavy atom. The smallest absolute Gasteiger partial charge is 0.0271 e. The highest BCUT2D eigenvalue weighted by atomic mass is 14.2. The lowest BCUT2D eigenvalue weighted by Crippen LogP contribution is -2.09. The fraction of sp³-hybridized carbons (Fsp3) is 0.700. The largest absolute Gasteiger partial charge is 0.0602 e. The van der Waals surface area contributed by atoms with Crippen molar-refractivity contribution >= 4 is 0 Å². The number of aryl methyl sites for hydroxylation is 4. The monoisotopic (exact) mass is 274 g/mol. The van der Waals surface area contributed by atoms with E-state index in [0.29, 0.717) is 10.8 Å². The van der Waals surface area contributed by atoms with Gasteiger partial charge in [-0.1, -0.05) is 53.7 Å². The molecule has 0 aliphatic rings. The van der Waals surface area contributed by atoms with Crippen molar-refractivity contribution in [2.24, 2.45) is 10.8 Å². The van der Waals surface area contributed by atoms with Gasteiger partial charge in [0.25, 0.3) is 0 Å². The maximum atomic E-state index is 2.43. The highest BCUT2D eigenvalue weighted by molar-refractivity contribution is 5.37. The van der Waals surface area contributed by atoms with Crippen LogP contribution in [0.1, 0.15) is 76.6 Å². The average Bonchev–Trinajstić information content (AvgIpc) is 2.25.